The lowest BCUT2D eigenvalue weighted by molar-refractivity contribution is 0.507. The number of pyridine rings is 1. The van der Waals surface area contributed by atoms with Gasteiger partial charge in [0.25, 0.3) is 0 Å². The van der Waals surface area contributed by atoms with E-state index < -0.39 is 0 Å². The molecule has 2 rings (SSSR count). The fraction of sp³-hybridized carbons (Fsp3) is 0.250. The minimum atomic E-state index is 0.669. The number of hydrogen-bond acceptors (Lipinski definition) is 4. The van der Waals surface area contributed by atoms with Crippen molar-refractivity contribution >= 4 is 27.4 Å². The molecule has 4 nitrogen and oxygen atoms in total. The highest BCUT2D eigenvalue weighted by Gasteiger charge is 2.12. The molecule has 17 heavy (non-hydrogen) atoms. The number of anilines is 2. The van der Waals surface area contributed by atoms with Crippen molar-refractivity contribution < 1.29 is 4.42 Å². The smallest absolute Gasteiger partial charge is 0.143 e. The second-order valence-corrected chi connectivity index (χ2v) is 4.70. The Balaban J connectivity index is 2.25. The molecule has 90 valence electrons. The van der Waals surface area contributed by atoms with Crippen LogP contribution < -0.4 is 10.6 Å². The number of hydrogen-bond donors (Lipinski definition) is 1. The highest BCUT2D eigenvalue weighted by Crippen LogP contribution is 2.30. The molecule has 0 fully saturated rings. The maximum Gasteiger partial charge on any atom is 0.143 e. The molecule has 2 heterocycles. The molecule has 0 spiro atoms. The Labute approximate surface area is 109 Å². The zero-order valence-corrected chi connectivity index (χ0v) is 11.4. The van der Waals surface area contributed by atoms with Gasteiger partial charge in [0.2, 0.25) is 0 Å². The Morgan fingerprint density at radius 2 is 2.29 bits per heavy atom. The lowest BCUT2D eigenvalue weighted by Crippen LogP contribution is -2.18. The third-order valence-corrected chi connectivity index (χ3v) is 3.57. The summed E-state index contributed by atoms with van der Waals surface area (Å²) in [6.07, 6.45) is 3.34. The second-order valence-electron chi connectivity index (χ2n) is 3.91. The molecule has 0 aromatic carbocycles. The van der Waals surface area contributed by atoms with Crippen LogP contribution >= 0.6 is 15.9 Å². The summed E-state index contributed by atoms with van der Waals surface area (Å²) >= 11 is 3.52. The van der Waals surface area contributed by atoms with Crippen LogP contribution in [0.4, 0.5) is 11.5 Å². The van der Waals surface area contributed by atoms with E-state index in [0.29, 0.717) is 12.2 Å². The van der Waals surface area contributed by atoms with Gasteiger partial charge in [-0.25, -0.2) is 4.98 Å². The number of nitrogen functional groups attached to an aromatic ring is 1. The molecule has 5 heteroatoms. The van der Waals surface area contributed by atoms with Gasteiger partial charge in [0.15, 0.2) is 0 Å². The molecule has 2 aromatic heterocycles. The Hall–Kier alpha value is -1.49. The first kappa shape index (κ1) is 12.0. The van der Waals surface area contributed by atoms with Crippen LogP contribution in [-0.2, 0) is 6.54 Å². The Morgan fingerprint density at radius 1 is 1.53 bits per heavy atom. The summed E-state index contributed by atoms with van der Waals surface area (Å²) in [6, 6.07) is 3.81. The highest BCUT2D eigenvalue weighted by molar-refractivity contribution is 9.10. The minimum absolute atomic E-state index is 0.669. The van der Waals surface area contributed by atoms with E-state index >= 15 is 0 Å². The number of nitrogens with two attached hydrogens (primary N) is 1. The van der Waals surface area contributed by atoms with Gasteiger partial charge in [-0.2, -0.15) is 0 Å². The molecule has 0 radical (unpaired) electrons. The number of furan rings is 1. The zero-order valence-electron chi connectivity index (χ0n) is 9.77. The zero-order chi connectivity index (χ0) is 12.4. The van der Waals surface area contributed by atoms with E-state index in [1.807, 2.05) is 31.0 Å². The van der Waals surface area contributed by atoms with Gasteiger partial charge in [-0.15, -0.1) is 0 Å². The molecule has 0 aliphatic heterocycles. The SMILES string of the molecule is Cc1c(N)cnc(N(C)Cc2ccco2)c1Br. The fourth-order valence-electron chi connectivity index (χ4n) is 1.56. The van der Waals surface area contributed by atoms with Crippen molar-refractivity contribution in [2.45, 2.75) is 13.5 Å². The average molecular weight is 296 g/mol. The van der Waals surface area contributed by atoms with E-state index in [1.54, 1.807) is 12.5 Å². The number of halogens is 1. The van der Waals surface area contributed by atoms with Gasteiger partial charge in [0.1, 0.15) is 11.6 Å². The predicted molar refractivity (Wildman–Crippen MR) is 71.9 cm³/mol. The molecule has 0 aliphatic carbocycles. The summed E-state index contributed by atoms with van der Waals surface area (Å²) in [5, 5.41) is 0. The fourth-order valence-corrected chi connectivity index (χ4v) is 2.19. The van der Waals surface area contributed by atoms with Crippen molar-refractivity contribution in [3.63, 3.8) is 0 Å². The largest absolute Gasteiger partial charge is 0.467 e. The average Bonchev–Trinajstić information content (AvgIpc) is 2.78. The van der Waals surface area contributed by atoms with Gasteiger partial charge in [-0.05, 0) is 40.5 Å². The third-order valence-electron chi connectivity index (χ3n) is 2.62. The van der Waals surface area contributed by atoms with E-state index in [2.05, 4.69) is 20.9 Å². The van der Waals surface area contributed by atoms with Gasteiger partial charge in [-0.3, -0.25) is 0 Å². The van der Waals surface area contributed by atoms with E-state index in [-0.39, 0.29) is 0 Å². The van der Waals surface area contributed by atoms with Crippen LogP contribution in [0.15, 0.2) is 33.5 Å². The van der Waals surface area contributed by atoms with Crippen molar-refractivity contribution in [1.29, 1.82) is 0 Å². The predicted octanol–water partition coefficient (Wildman–Crippen LogP) is 2.96. The molecule has 0 saturated carbocycles. The number of aromatic nitrogens is 1. The summed E-state index contributed by atoms with van der Waals surface area (Å²) in [4.78, 5) is 6.34. The summed E-state index contributed by atoms with van der Waals surface area (Å²) < 4.78 is 6.23. The molecule has 2 aromatic rings. The molecule has 2 N–H and O–H groups in total. The first-order valence-electron chi connectivity index (χ1n) is 5.23. The number of nitrogens with zero attached hydrogens (tertiary/aromatic N) is 2. The normalized spacial score (nSPS) is 10.5. The van der Waals surface area contributed by atoms with Gasteiger partial charge < -0.3 is 15.1 Å². The molecule has 0 aliphatic rings. The number of rotatable bonds is 3. The van der Waals surface area contributed by atoms with Crippen molar-refractivity contribution in [2.75, 3.05) is 17.7 Å². The van der Waals surface area contributed by atoms with Gasteiger partial charge in [0, 0.05) is 7.05 Å². The second kappa shape index (κ2) is 4.79. The molecule has 0 saturated heterocycles. The highest BCUT2D eigenvalue weighted by atomic mass is 79.9. The van der Waals surface area contributed by atoms with Crippen molar-refractivity contribution in [1.82, 2.24) is 4.98 Å². The quantitative estimate of drug-likeness (QED) is 0.946. The summed E-state index contributed by atoms with van der Waals surface area (Å²) in [6.45, 7) is 2.63. The molecule has 0 bridgehead atoms. The summed E-state index contributed by atoms with van der Waals surface area (Å²) in [7, 11) is 1.96. The first-order chi connectivity index (χ1) is 8.09. The maximum atomic E-state index is 5.80. The van der Waals surface area contributed by atoms with E-state index in [4.69, 9.17) is 10.2 Å². The van der Waals surface area contributed by atoms with Crippen LogP contribution in [0.5, 0.6) is 0 Å². The minimum Gasteiger partial charge on any atom is -0.467 e. The monoisotopic (exact) mass is 295 g/mol. The van der Waals surface area contributed by atoms with Crippen LogP contribution in [0.3, 0.4) is 0 Å². The van der Waals surface area contributed by atoms with Gasteiger partial charge in [-0.1, -0.05) is 0 Å². The van der Waals surface area contributed by atoms with Crippen molar-refractivity contribution in [3.8, 4) is 0 Å². The maximum absolute atomic E-state index is 5.80. The topological polar surface area (TPSA) is 55.3 Å². The van der Waals surface area contributed by atoms with E-state index in [1.165, 1.54) is 0 Å². The molecular weight excluding hydrogens is 282 g/mol. The van der Waals surface area contributed by atoms with Gasteiger partial charge in [0.05, 0.1) is 29.2 Å². The molecule has 0 amide bonds. The first-order valence-corrected chi connectivity index (χ1v) is 6.03. The third kappa shape index (κ3) is 2.44. The Bertz CT molecular complexity index is 511. The lowest BCUT2D eigenvalue weighted by Gasteiger charge is -2.19. The van der Waals surface area contributed by atoms with Crippen LogP contribution in [0.1, 0.15) is 11.3 Å². The van der Waals surface area contributed by atoms with Crippen molar-refractivity contribution in [3.05, 3.63) is 40.4 Å². The molecule has 0 unspecified atom stereocenters. The van der Waals surface area contributed by atoms with Crippen LogP contribution in [0, 0.1) is 6.92 Å². The van der Waals surface area contributed by atoms with E-state index in [9.17, 15) is 0 Å². The Morgan fingerprint density at radius 3 is 2.94 bits per heavy atom. The lowest BCUT2D eigenvalue weighted by atomic mass is 10.2. The molecular formula is C12H14BrN3O. The van der Waals surface area contributed by atoms with Crippen LogP contribution in [0.25, 0.3) is 0 Å². The van der Waals surface area contributed by atoms with E-state index in [0.717, 1.165) is 21.6 Å². The van der Waals surface area contributed by atoms with Crippen LogP contribution in [0.2, 0.25) is 0 Å². The van der Waals surface area contributed by atoms with Gasteiger partial charge >= 0.3 is 0 Å². The Kier molecular flexibility index (Phi) is 3.38. The standard InChI is InChI=1S/C12H14BrN3O/c1-8-10(14)6-15-12(11(8)13)16(2)7-9-4-3-5-17-9/h3-6H,7,14H2,1-2H3. The summed E-state index contributed by atoms with van der Waals surface area (Å²) in [5.41, 5.74) is 7.48. The molecule has 0 atom stereocenters. The van der Waals surface area contributed by atoms with Crippen molar-refractivity contribution in [2.24, 2.45) is 0 Å². The van der Waals surface area contributed by atoms with Crippen LogP contribution in [-0.4, -0.2) is 12.0 Å². The summed E-state index contributed by atoms with van der Waals surface area (Å²) in [5.74, 6) is 1.75.